The van der Waals surface area contributed by atoms with E-state index >= 15 is 0 Å². The molecule has 0 saturated heterocycles. The summed E-state index contributed by atoms with van der Waals surface area (Å²) < 4.78 is 6.96. The van der Waals surface area contributed by atoms with Gasteiger partial charge in [-0.15, -0.1) is 5.10 Å². The fourth-order valence-electron chi connectivity index (χ4n) is 2.81. The average Bonchev–Trinajstić information content (AvgIpc) is 3.26. The summed E-state index contributed by atoms with van der Waals surface area (Å²) in [4.78, 5) is 12.4. The molecule has 0 spiro atoms. The highest BCUT2D eigenvalue weighted by Gasteiger charge is 2.23. The minimum absolute atomic E-state index is 0.0291. The molecule has 128 valence electrons. The predicted molar refractivity (Wildman–Crippen MR) is 91.4 cm³/mol. The second-order valence-electron chi connectivity index (χ2n) is 5.80. The third-order valence-electron chi connectivity index (χ3n) is 4.11. The van der Waals surface area contributed by atoms with E-state index < -0.39 is 0 Å². The molecule has 1 aromatic heterocycles. The molecule has 0 unspecified atom stereocenters. The van der Waals surface area contributed by atoms with Crippen molar-refractivity contribution in [2.45, 2.75) is 49.1 Å². The molecule has 3 rings (SSSR count). The zero-order valence-corrected chi connectivity index (χ0v) is 14.6. The Morgan fingerprint density at radius 1 is 1.38 bits per heavy atom. The molecule has 0 bridgehead atoms. The van der Waals surface area contributed by atoms with Crippen LogP contribution in [0.1, 0.15) is 32.6 Å². The number of carbonyl (C=O) groups is 1. The molecular weight excluding hydrogens is 326 g/mol. The van der Waals surface area contributed by atoms with E-state index in [0.717, 1.165) is 18.5 Å². The summed E-state index contributed by atoms with van der Waals surface area (Å²) in [6.45, 7) is 1.87. The number of amides is 1. The van der Waals surface area contributed by atoms with Crippen LogP contribution in [-0.4, -0.2) is 44.5 Å². The van der Waals surface area contributed by atoms with Crippen LogP contribution in [0.15, 0.2) is 29.4 Å². The van der Waals surface area contributed by atoms with E-state index in [2.05, 4.69) is 20.8 Å². The number of thioether (sulfide) groups is 1. The maximum atomic E-state index is 12.4. The van der Waals surface area contributed by atoms with Crippen molar-refractivity contribution in [2.24, 2.45) is 0 Å². The number of tetrazole rings is 1. The molecule has 7 nitrogen and oxygen atoms in total. The zero-order chi connectivity index (χ0) is 16.9. The first-order valence-corrected chi connectivity index (χ1v) is 8.96. The van der Waals surface area contributed by atoms with E-state index in [0.29, 0.717) is 16.9 Å². The number of hydrogen-bond donors (Lipinski definition) is 1. The molecule has 8 heteroatoms. The van der Waals surface area contributed by atoms with Gasteiger partial charge in [-0.25, -0.2) is 0 Å². The number of benzene rings is 1. The third-order valence-corrected chi connectivity index (χ3v) is 5.14. The minimum atomic E-state index is -0.273. The van der Waals surface area contributed by atoms with Crippen molar-refractivity contribution < 1.29 is 9.53 Å². The maximum Gasteiger partial charge on any atom is 0.233 e. The second kappa shape index (κ2) is 7.65. The van der Waals surface area contributed by atoms with E-state index in [4.69, 9.17) is 4.74 Å². The standard InChI is InChI=1S/C16H21N5O2S/c1-11(15(22)17-12-7-3-4-8-12)24-16-18-19-20-21(16)13-9-5-6-10-14(13)23-2/h5-6,9-12H,3-4,7-8H2,1-2H3,(H,17,22)/t11-/m1/s1. The summed E-state index contributed by atoms with van der Waals surface area (Å²) in [6.07, 6.45) is 4.53. The van der Waals surface area contributed by atoms with Crippen LogP contribution in [-0.2, 0) is 4.79 Å². The number of para-hydroxylation sites is 2. The summed E-state index contributed by atoms with van der Waals surface area (Å²) in [5.41, 5.74) is 0.746. The fourth-order valence-corrected chi connectivity index (χ4v) is 3.62. The van der Waals surface area contributed by atoms with Crippen molar-refractivity contribution in [3.05, 3.63) is 24.3 Å². The van der Waals surface area contributed by atoms with E-state index in [9.17, 15) is 4.79 Å². The zero-order valence-electron chi connectivity index (χ0n) is 13.8. The number of aromatic nitrogens is 4. The summed E-state index contributed by atoms with van der Waals surface area (Å²) in [5.74, 6) is 0.705. The van der Waals surface area contributed by atoms with Gasteiger partial charge in [0.05, 0.1) is 12.4 Å². The van der Waals surface area contributed by atoms with Crippen LogP contribution in [0.3, 0.4) is 0 Å². The predicted octanol–water partition coefficient (Wildman–Crippen LogP) is 2.21. The quantitative estimate of drug-likeness (QED) is 0.807. The van der Waals surface area contributed by atoms with Crippen molar-refractivity contribution in [1.82, 2.24) is 25.5 Å². The molecule has 24 heavy (non-hydrogen) atoms. The third kappa shape index (κ3) is 3.69. The molecule has 0 aliphatic heterocycles. The first-order chi connectivity index (χ1) is 11.7. The van der Waals surface area contributed by atoms with Crippen molar-refractivity contribution in [3.8, 4) is 11.4 Å². The smallest absolute Gasteiger partial charge is 0.233 e. The summed E-state index contributed by atoms with van der Waals surface area (Å²) in [6, 6.07) is 7.82. The highest BCUT2D eigenvalue weighted by molar-refractivity contribution is 8.00. The number of rotatable bonds is 6. The Kier molecular flexibility index (Phi) is 5.34. The average molecular weight is 347 g/mol. The topological polar surface area (TPSA) is 81.9 Å². The first kappa shape index (κ1) is 16.8. The normalized spacial score (nSPS) is 16.1. The molecule has 1 fully saturated rings. The molecule has 1 aliphatic carbocycles. The Balaban J connectivity index is 1.72. The van der Waals surface area contributed by atoms with Crippen molar-refractivity contribution in [1.29, 1.82) is 0 Å². The lowest BCUT2D eigenvalue weighted by Crippen LogP contribution is -2.37. The highest BCUT2D eigenvalue weighted by Crippen LogP contribution is 2.28. The van der Waals surface area contributed by atoms with Gasteiger partial charge in [-0.05, 0) is 42.3 Å². The van der Waals surface area contributed by atoms with E-state index in [1.165, 1.54) is 24.6 Å². The van der Waals surface area contributed by atoms with Crippen molar-refractivity contribution in [3.63, 3.8) is 0 Å². The van der Waals surface area contributed by atoms with Gasteiger partial charge in [-0.1, -0.05) is 36.7 Å². The monoisotopic (exact) mass is 347 g/mol. The number of methoxy groups -OCH3 is 1. The Morgan fingerprint density at radius 3 is 2.88 bits per heavy atom. The second-order valence-corrected chi connectivity index (χ2v) is 7.10. The maximum absolute atomic E-state index is 12.4. The van der Waals surface area contributed by atoms with Gasteiger partial charge in [0, 0.05) is 6.04 Å². The van der Waals surface area contributed by atoms with E-state index in [1.54, 1.807) is 11.8 Å². The molecule has 1 saturated carbocycles. The highest BCUT2D eigenvalue weighted by atomic mass is 32.2. The fraction of sp³-hybridized carbons (Fsp3) is 0.500. The van der Waals surface area contributed by atoms with Gasteiger partial charge in [-0.3, -0.25) is 4.79 Å². The van der Waals surface area contributed by atoms with Crippen LogP contribution in [0.4, 0.5) is 0 Å². The Hall–Kier alpha value is -2.09. The van der Waals surface area contributed by atoms with Crippen LogP contribution >= 0.6 is 11.8 Å². The Morgan fingerprint density at radius 2 is 2.12 bits per heavy atom. The molecule has 1 aromatic carbocycles. The number of nitrogens with one attached hydrogen (secondary N) is 1. The first-order valence-electron chi connectivity index (χ1n) is 8.08. The lowest BCUT2D eigenvalue weighted by Gasteiger charge is -2.16. The molecule has 2 aromatic rings. The van der Waals surface area contributed by atoms with Gasteiger partial charge >= 0.3 is 0 Å². The summed E-state index contributed by atoms with van der Waals surface area (Å²) in [5, 5.41) is 15.2. The van der Waals surface area contributed by atoms with Gasteiger partial charge in [0.25, 0.3) is 0 Å². The van der Waals surface area contributed by atoms with Gasteiger partial charge < -0.3 is 10.1 Å². The van der Waals surface area contributed by atoms with Crippen LogP contribution in [0.2, 0.25) is 0 Å². The molecule has 1 amide bonds. The SMILES string of the molecule is COc1ccccc1-n1nnnc1S[C@H](C)C(=O)NC1CCCC1. The lowest BCUT2D eigenvalue weighted by atomic mass is 10.2. The lowest BCUT2D eigenvalue weighted by molar-refractivity contribution is -0.120. The number of carbonyl (C=O) groups excluding carboxylic acids is 1. The molecule has 0 radical (unpaired) electrons. The van der Waals surface area contributed by atoms with Gasteiger partial charge in [0.15, 0.2) is 0 Å². The van der Waals surface area contributed by atoms with Crippen molar-refractivity contribution >= 4 is 17.7 Å². The van der Waals surface area contributed by atoms with Gasteiger partial charge in [0.1, 0.15) is 11.4 Å². The molecule has 1 atom stereocenters. The Labute approximate surface area is 145 Å². The summed E-state index contributed by atoms with van der Waals surface area (Å²) in [7, 11) is 1.60. The molecular formula is C16H21N5O2S. The van der Waals surface area contributed by atoms with Crippen LogP contribution < -0.4 is 10.1 Å². The van der Waals surface area contributed by atoms with Crippen LogP contribution in [0, 0.1) is 0 Å². The van der Waals surface area contributed by atoms with Gasteiger partial charge in [0.2, 0.25) is 11.1 Å². The Bertz CT molecular complexity index is 699. The van der Waals surface area contributed by atoms with Crippen LogP contribution in [0.5, 0.6) is 5.75 Å². The van der Waals surface area contributed by atoms with Crippen LogP contribution in [0.25, 0.3) is 5.69 Å². The number of hydrogen-bond acceptors (Lipinski definition) is 6. The summed E-state index contributed by atoms with van der Waals surface area (Å²) >= 11 is 1.34. The minimum Gasteiger partial charge on any atom is -0.494 e. The number of ether oxygens (including phenoxy) is 1. The van der Waals surface area contributed by atoms with E-state index in [1.807, 2.05) is 31.2 Å². The number of nitrogens with zero attached hydrogens (tertiary/aromatic N) is 4. The molecule has 1 aliphatic rings. The molecule has 1 N–H and O–H groups in total. The largest absolute Gasteiger partial charge is 0.494 e. The molecule has 1 heterocycles. The van der Waals surface area contributed by atoms with Crippen molar-refractivity contribution in [2.75, 3.05) is 7.11 Å². The van der Waals surface area contributed by atoms with E-state index in [-0.39, 0.29) is 11.2 Å². The van der Waals surface area contributed by atoms with Gasteiger partial charge in [-0.2, -0.15) is 4.68 Å².